The fourth-order valence-corrected chi connectivity index (χ4v) is 1.54. The van der Waals surface area contributed by atoms with E-state index in [2.05, 4.69) is 4.74 Å². The minimum atomic E-state index is -4.51. The molecule has 19 heavy (non-hydrogen) atoms. The molecule has 0 spiro atoms. The molecule has 0 heterocycles. The second kappa shape index (κ2) is 7.55. The molecule has 1 rings (SSSR count). The molecule has 0 unspecified atom stereocenters. The predicted octanol–water partition coefficient (Wildman–Crippen LogP) is 4.15. The van der Waals surface area contributed by atoms with E-state index in [4.69, 9.17) is 5.73 Å². The Morgan fingerprint density at radius 3 is 2.37 bits per heavy atom. The highest BCUT2D eigenvalue weighted by atomic mass is 35.5. The van der Waals surface area contributed by atoms with Gasteiger partial charge in [0.1, 0.15) is 5.75 Å². The molecule has 0 aromatic heterocycles. The SMILES string of the molecule is CCC[C@H](N)c1ccccc1OC(F)(F)C(F)F.Cl. The maximum atomic E-state index is 12.8. The Kier molecular flexibility index (Phi) is 7.15. The number of ether oxygens (including phenoxy) is 1. The molecule has 0 fully saturated rings. The van der Waals surface area contributed by atoms with E-state index >= 15 is 0 Å². The molecule has 0 saturated carbocycles. The van der Waals surface area contributed by atoms with Gasteiger partial charge in [-0.25, -0.2) is 0 Å². The molecular formula is C12H16ClF4NO. The lowest BCUT2D eigenvalue weighted by Gasteiger charge is -2.21. The van der Waals surface area contributed by atoms with Crippen molar-refractivity contribution in [1.82, 2.24) is 0 Å². The van der Waals surface area contributed by atoms with Crippen molar-refractivity contribution in [3.63, 3.8) is 0 Å². The highest BCUT2D eigenvalue weighted by Gasteiger charge is 2.44. The maximum absolute atomic E-state index is 12.8. The van der Waals surface area contributed by atoms with Crippen LogP contribution in [0.15, 0.2) is 24.3 Å². The van der Waals surface area contributed by atoms with E-state index < -0.39 is 18.6 Å². The van der Waals surface area contributed by atoms with Gasteiger partial charge in [0.2, 0.25) is 0 Å². The summed E-state index contributed by atoms with van der Waals surface area (Å²) < 4.78 is 53.9. The van der Waals surface area contributed by atoms with Gasteiger partial charge in [-0.1, -0.05) is 31.5 Å². The van der Waals surface area contributed by atoms with Gasteiger partial charge < -0.3 is 10.5 Å². The topological polar surface area (TPSA) is 35.2 Å². The first-order valence-corrected chi connectivity index (χ1v) is 5.58. The monoisotopic (exact) mass is 301 g/mol. The van der Waals surface area contributed by atoms with Gasteiger partial charge in [-0.3, -0.25) is 0 Å². The van der Waals surface area contributed by atoms with Gasteiger partial charge in [0.05, 0.1) is 0 Å². The first-order chi connectivity index (χ1) is 8.38. The molecule has 2 N–H and O–H groups in total. The van der Waals surface area contributed by atoms with Crippen LogP contribution in [0, 0.1) is 0 Å². The van der Waals surface area contributed by atoms with Gasteiger partial charge in [0, 0.05) is 11.6 Å². The van der Waals surface area contributed by atoms with Crippen LogP contribution in [-0.2, 0) is 0 Å². The van der Waals surface area contributed by atoms with Gasteiger partial charge in [-0.2, -0.15) is 17.6 Å². The van der Waals surface area contributed by atoms with Crippen LogP contribution in [-0.4, -0.2) is 12.5 Å². The average Bonchev–Trinajstić information content (AvgIpc) is 2.29. The quantitative estimate of drug-likeness (QED) is 0.801. The molecule has 0 aliphatic rings. The van der Waals surface area contributed by atoms with Crippen molar-refractivity contribution in [3.05, 3.63) is 29.8 Å². The first-order valence-electron chi connectivity index (χ1n) is 5.58. The number of para-hydroxylation sites is 1. The zero-order chi connectivity index (χ0) is 13.8. The van der Waals surface area contributed by atoms with Crippen LogP contribution in [0.3, 0.4) is 0 Å². The van der Waals surface area contributed by atoms with Crippen molar-refractivity contribution in [3.8, 4) is 5.75 Å². The molecule has 0 amide bonds. The summed E-state index contributed by atoms with van der Waals surface area (Å²) in [6.45, 7) is 1.89. The van der Waals surface area contributed by atoms with E-state index in [0.29, 0.717) is 12.0 Å². The van der Waals surface area contributed by atoms with Crippen molar-refractivity contribution in [2.24, 2.45) is 5.73 Å². The minimum Gasteiger partial charge on any atom is -0.428 e. The number of nitrogens with two attached hydrogens (primary N) is 1. The van der Waals surface area contributed by atoms with Gasteiger partial charge >= 0.3 is 12.5 Å². The number of benzene rings is 1. The zero-order valence-corrected chi connectivity index (χ0v) is 11.1. The molecule has 7 heteroatoms. The number of halogens is 5. The molecule has 1 aromatic carbocycles. The summed E-state index contributed by atoms with van der Waals surface area (Å²) in [5.74, 6) is -0.302. The predicted molar refractivity (Wildman–Crippen MR) is 67.1 cm³/mol. The van der Waals surface area contributed by atoms with Crippen LogP contribution < -0.4 is 10.5 Å². The summed E-state index contributed by atoms with van der Waals surface area (Å²) >= 11 is 0. The van der Waals surface area contributed by atoms with E-state index in [1.165, 1.54) is 18.2 Å². The summed E-state index contributed by atoms with van der Waals surface area (Å²) in [5, 5.41) is 0. The van der Waals surface area contributed by atoms with Crippen molar-refractivity contribution in [2.45, 2.75) is 38.3 Å². The number of alkyl halides is 4. The summed E-state index contributed by atoms with van der Waals surface area (Å²) in [6, 6.07) is 5.22. The van der Waals surface area contributed by atoms with Crippen LogP contribution in [0.5, 0.6) is 5.75 Å². The van der Waals surface area contributed by atoms with Crippen LogP contribution in [0.25, 0.3) is 0 Å². The Labute approximate surface area is 115 Å². The van der Waals surface area contributed by atoms with Crippen LogP contribution in [0.2, 0.25) is 0 Å². The molecule has 1 atom stereocenters. The smallest absolute Gasteiger partial charge is 0.428 e. The summed E-state index contributed by atoms with van der Waals surface area (Å²) in [7, 11) is 0. The Balaban J connectivity index is 0.00000324. The third-order valence-electron chi connectivity index (χ3n) is 2.42. The van der Waals surface area contributed by atoms with E-state index in [9.17, 15) is 17.6 Å². The second-order valence-corrected chi connectivity index (χ2v) is 3.90. The largest absolute Gasteiger partial charge is 0.461 e. The fourth-order valence-electron chi connectivity index (χ4n) is 1.54. The van der Waals surface area contributed by atoms with E-state index in [0.717, 1.165) is 6.42 Å². The third kappa shape index (κ3) is 4.87. The first kappa shape index (κ1) is 18.0. The maximum Gasteiger partial charge on any atom is 0.461 e. The molecule has 0 aliphatic heterocycles. The molecule has 1 aromatic rings. The van der Waals surface area contributed by atoms with Gasteiger partial charge in [0.25, 0.3) is 0 Å². The van der Waals surface area contributed by atoms with Crippen molar-refractivity contribution < 1.29 is 22.3 Å². The fraction of sp³-hybridized carbons (Fsp3) is 0.500. The van der Waals surface area contributed by atoms with Crippen LogP contribution >= 0.6 is 12.4 Å². The van der Waals surface area contributed by atoms with Crippen LogP contribution in [0.4, 0.5) is 17.6 Å². The molecule has 0 saturated heterocycles. The lowest BCUT2D eigenvalue weighted by atomic mass is 10.0. The van der Waals surface area contributed by atoms with Gasteiger partial charge in [0.15, 0.2) is 0 Å². The van der Waals surface area contributed by atoms with Gasteiger partial charge in [-0.15, -0.1) is 12.4 Å². The van der Waals surface area contributed by atoms with E-state index in [1.54, 1.807) is 6.07 Å². The van der Waals surface area contributed by atoms with Crippen molar-refractivity contribution in [1.29, 1.82) is 0 Å². The molecular weight excluding hydrogens is 286 g/mol. The summed E-state index contributed by atoms with van der Waals surface area (Å²) in [4.78, 5) is 0. The lowest BCUT2D eigenvalue weighted by Crippen LogP contribution is -2.34. The van der Waals surface area contributed by atoms with Crippen molar-refractivity contribution in [2.75, 3.05) is 0 Å². The highest BCUT2D eigenvalue weighted by molar-refractivity contribution is 5.85. The van der Waals surface area contributed by atoms with Crippen molar-refractivity contribution >= 4 is 12.4 Å². The second-order valence-electron chi connectivity index (χ2n) is 3.90. The van der Waals surface area contributed by atoms with E-state index in [-0.39, 0.29) is 18.2 Å². The molecule has 110 valence electrons. The van der Waals surface area contributed by atoms with Gasteiger partial charge in [-0.05, 0) is 12.5 Å². The third-order valence-corrected chi connectivity index (χ3v) is 2.42. The summed E-state index contributed by atoms with van der Waals surface area (Å²) in [6.07, 6.45) is -7.09. The number of hydrogen-bond acceptors (Lipinski definition) is 2. The molecule has 0 bridgehead atoms. The minimum absolute atomic E-state index is 0. The Morgan fingerprint density at radius 2 is 1.84 bits per heavy atom. The number of hydrogen-bond donors (Lipinski definition) is 1. The normalized spacial score (nSPS) is 13.0. The molecule has 0 radical (unpaired) electrons. The Morgan fingerprint density at radius 1 is 1.26 bits per heavy atom. The van der Waals surface area contributed by atoms with E-state index in [1.807, 2.05) is 6.92 Å². The number of rotatable bonds is 6. The Bertz CT molecular complexity index is 390. The molecule has 0 aliphatic carbocycles. The molecule has 2 nitrogen and oxygen atoms in total. The highest BCUT2D eigenvalue weighted by Crippen LogP contribution is 2.32. The zero-order valence-electron chi connectivity index (χ0n) is 10.3. The van der Waals surface area contributed by atoms with Crippen LogP contribution in [0.1, 0.15) is 31.4 Å². The standard InChI is InChI=1S/C12H15F4NO.ClH/c1-2-5-9(17)8-6-3-4-7-10(8)18-12(15,16)11(13)14;/h3-4,6-7,9,11H,2,5,17H2,1H3;1H/t9-;/m0./s1. The lowest BCUT2D eigenvalue weighted by molar-refractivity contribution is -0.253. The average molecular weight is 302 g/mol. The summed E-state index contributed by atoms with van der Waals surface area (Å²) in [5.41, 5.74) is 6.09. The Hall–Kier alpha value is -1.01.